The van der Waals surface area contributed by atoms with Crippen molar-refractivity contribution in [3.63, 3.8) is 0 Å². The van der Waals surface area contributed by atoms with E-state index in [9.17, 15) is 12.8 Å². The lowest BCUT2D eigenvalue weighted by Crippen LogP contribution is -2.52. The minimum absolute atomic E-state index is 0.218. The minimum atomic E-state index is -3.60. The van der Waals surface area contributed by atoms with Crippen molar-refractivity contribution in [2.24, 2.45) is 0 Å². The van der Waals surface area contributed by atoms with Crippen molar-refractivity contribution in [2.45, 2.75) is 57.6 Å². The fraction of sp³-hybridized carbons (Fsp3) is 0.333. The number of nitrogens with one attached hydrogen (secondary N) is 1. The Labute approximate surface area is 271 Å². The number of ether oxygens (including phenoxy) is 3. The predicted molar refractivity (Wildman–Crippen MR) is 177 cm³/mol. The molecule has 0 radical (unpaired) electrons. The average molecular weight is 700 g/mol. The normalized spacial score (nSPS) is 17.1. The molecule has 238 valence electrons. The molecule has 5 rings (SSSR count). The summed E-state index contributed by atoms with van der Waals surface area (Å²) in [7, 11) is -2.02. The number of nitrogens with zero attached hydrogens (tertiary/aromatic N) is 3. The summed E-state index contributed by atoms with van der Waals surface area (Å²) in [6, 6.07) is 15.0. The molecule has 1 N–H and O–H groups in total. The third kappa shape index (κ3) is 6.49. The minimum Gasteiger partial charge on any atom is -0.496 e. The van der Waals surface area contributed by atoms with Gasteiger partial charge in [-0.25, -0.2) is 22.8 Å². The van der Waals surface area contributed by atoms with Crippen molar-refractivity contribution in [3.05, 3.63) is 94.7 Å². The van der Waals surface area contributed by atoms with Gasteiger partial charge in [0.05, 0.1) is 34.7 Å². The molecule has 9 nitrogen and oxygen atoms in total. The molecule has 4 aromatic rings. The Bertz CT molecular complexity index is 1830. The average Bonchev–Trinajstić information content (AvgIpc) is 3.51. The van der Waals surface area contributed by atoms with Gasteiger partial charge < -0.3 is 19.5 Å². The van der Waals surface area contributed by atoms with Crippen LogP contribution in [0.4, 0.5) is 15.9 Å². The summed E-state index contributed by atoms with van der Waals surface area (Å²) in [5.41, 5.74) is 1.74. The quantitative estimate of drug-likeness (QED) is 0.163. The number of benzene rings is 3. The van der Waals surface area contributed by atoms with Crippen molar-refractivity contribution in [3.8, 4) is 11.5 Å². The van der Waals surface area contributed by atoms with E-state index >= 15 is 0 Å². The van der Waals surface area contributed by atoms with Crippen LogP contribution in [0.25, 0.3) is 10.9 Å². The SMILES string of the molecule is CCN(C(C)C1(c2cc3c(Nc4ccc(OCc5cccc(F)c5)c(Br)c4)ncnc3cc2OC)CC=CO1)S(=O)(=O)C(C)C. The number of hydrogen-bond acceptors (Lipinski definition) is 8. The second-order valence-corrected chi connectivity index (χ2v) is 14.3. The number of methoxy groups -OCH3 is 1. The maximum Gasteiger partial charge on any atom is 0.216 e. The van der Waals surface area contributed by atoms with Crippen LogP contribution in [0.15, 0.2) is 77.7 Å². The van der Waals surface area contributed by atoms with E-state index in [-0.39, 0.29) is 19.0 Å². The van der Waals surface area contributed by atoms with Crippen LogP contribution in [0.5, 0.6) is 11.5 Å². The third-order valence-electron chi connectivity index (χ3n) is 8.03. The summed E-state index contributed by atoms with van der Waals surface area (Å²) in [5.74, 6) is 1.36. The molecule has 0 amide bonds. The summed E-state index contributed by atoms with van der Waals surface area (Å²) in [6.45, 7) is 7.56. The first kappa shape index (κ1) is 32.6. The third-order valence-corrected chi connectivity index (χ3v) is 11.1. The number of fused-ring (bicyclic) bond motifs is 1. The zero-order chi connectivity index (χ0) is 32.4. The molecule has 2 heterocycles. The zero-order valence-electron chi connectivity index (χ0n) is 25.8. The first-order valence-corrected chi connectivity index (χ1v) is 16.9. The van der Waals surface area contributed by atoms with E-state index in [1.54, 1.807) is 39.4 Å². The molecule has 1 aliphatic heterocycles. The number of likely N-dealkylation sites (N-methyl/N-ethyl adjacent to an activating group) is 1. The molecule has 0 saturated heterocycles. The molecule has 3 aromatic carbocycles. The molecule has 0 fully saturated rings. The molecule has 0 spiro atoms. The van der Waals surface area contributed by atoms with Crippen LogP contribution in [0.3, 0.4) is 0 Å². The van der Waals surface area contributed by atoms with Crippen LogP contribution < -0.4 is 14.8 Å². The van der Waals surface area contributed by atoms with Gasteiger partial charge in [0.2, 0.25) is 10.0 Å². The maximum atomic E-state index is 13.6. The summed E-state index contributed by atoms with van der Waals surface area (Å²) in [4.78, 5) is 9.02. The second-order valence-electron chi connectivity index (χ2n) is 11.0. The number of sulfonamides is 1. The molecule has 0 bridgehead atoms. The van der Waals surface area contributed by atoms with Crippen molar-refractivity contribution < 1.29 is 27.0 Å². The lowest BCUT2D eigenvalue weighted by molar-refractivity contribution is -0.0171. The largest absolute Gasteiger partial charge is 0.496 e. The lowest BCUT2D eigenvalue weighted by atomic mass is 9.83. The Morgan fingerprint density at radius 2 is 1.91 bits per heavy atom. The molecule has 1 aliphatic rings. The van der Waals surface area contributed by atoms with E-state index in [0.29, 0.717) is 44.7 Å². The number of halogens is 2. The van der Waals surface area contributed by atoms with Crippen molar-refractivity contribution in [1.82, 2.24) is 14.3 Å². The van der Waals surface area contributed by atoms with Gasteiger partial charge in [-0.3, -0.25) is 0 Å². The summed E-state index contributed by atoms with van der Waals surface area (Å²) < 4.78 is 60.6. The lowest BCUT2D eigenvalue weighted by Gasteiger charge is -2.42. The molecule has 12 heteroatoms. The number of rotatable bonds is 12. The molecule has 0 saturated carbocycles. The molecule has 2 unspecified atom stereocenters. The van der Waals surface area contributed by atoms with E-state index in [0.717, 1.165) is 11.3 Å². The van der Waals surface area contributed by atoms with E-state index in [2.05, 4.69) is 31.2 Å². The van der Waals surface area contributed by atoms with Crippen LogP contribution in [0.2, 0.25) is 0 Å². The molecular weight excluding hydrogens is 663 g/mol. The van der Waals surface area contributed by atoms with Crippen LogP contribution in [0, 0.1) is 5.82 Å². The first-order chi connectivity index (χ1) is 21.5. The van der Waals surface area contributed by atoms with Crippen molar-refractivity contribution in [2.75, 3.05) is 19.0 Å². The number of hydrogen-bond donors (Lipinski definition) is 1. The van der Waals surface area contributed by atoms with Gasteiger partial charge in [0.25, 0.3) is 0 Å². The Morgan fingerprint density at radius 3 is 2.56 bits per heavy atom. The van der Waals surface area contributed by atoms with E-state index in [1.165, 1.54) is 22.8 Å². The van der Waals surface area contributed by atoms with Crippen LogP contribution in [-0.4, -0.2) is 47.6 Å². The van der Waals surface area contributed by atoms with Gasteiger partial charge in [-0.2, -0.15) is 4.31 Å². The van der Waals surface area contributed by atoms with E-state index in [4.69, 9.17) is 14.2 Å². The standard InChI is InChI=1S/C33H36BrFN4O5S/c1-6-39(45(40,41)21(2)3)22(4)33(13-8-14-44-33)27-17-26-29(18-31(27)42-5)36-20-37-32(26)38-25-11-12-30(28(34)16-25)43-19-23-9-7-10-24(35)15-23/h7-12,14-18,20-22H,6,13,19H2,1-5H3,(H,36,37,38). The van der Waals surface area contributed by atoms with Gasteiger partial charge in [-0.15, -0.1) is 0 Å². The highest BCUT2D eigenvalue weighted by Crippen LogP contribution is 2.46. The Hall–Kier alpha value is -3.74. The highest BCUT2D eigenvalue weighted by Gasteiger charge is 2.49. The fourth-order valence-corrected chi connectivity index (χ4v) is 7.59. The Morgan fingerprint density at radius 1 is 1.11 bits per heavy atom. The molecule has 45 heavy (non-hydrogen) atoms. The highest BCUT2D eigenvalue weighted by molar-refractivity contribution is 9.10. The van der Waals surface area contributed by atoms with Crippen molar-refractivity contribution in [1.29, 1.82) is 0 Å². The molecule has 0 aliphatic carbocycles. The Kier molecular flexibility index (Phi) is 9.66. The van der Waals surface area contributed by atoms with E-state index < -0.39 is 26.9 Å². The predicted octanol–water partition coefficient (Wildman–Crippen LogP) is 7.44. The van der Waals surface area contributed by atoms with Gasteiger partial charge >= 0.3 is 0 Å². The zero-order valence-corrected chi connectivity index (χ0v) is 28.2. The smallest absolute Gasteiger partial charge is 0.216 e. The van der Waals surface area contributed by atoms with Gasteiger partial charge in [0, 0.05) is 35.7 Å². The van der Waals surface area contributed by atoms with Gasteiger partial charge in [0.15, 0.2) is 5.60 Å². The second kappa shape index (κ2) is 13.3. The maximum absolute atomic E-state index is 13.6. The highest BCUT2D eigenvalue weighted by atomic mass is 79.9. The fourth-order valence-electron chi connectivity index (χ4n) is 5.59. The summed E-state index contributed by atoms with van der Waals surface area (Å²) in [5, 5.41) is 3.49. The van der Waals surface area contributed by atoms with Crippen molar-refractivity contribution >= 4 is 48.4 Å². The van der Waals surface area contributed by atoms with E-state index in [1.807, 2.05) is 50.3 Å². The molecule has 2 atom stereocenters. The molecule has 1 aromatic heterocycles. The number of aromatic nitrogens is 2. The van der Waals surface area contributed by atoms with Crippen LogP contribution in [-0.2, 0) is 27.0 Å². The summed E-state index contributed by atoms with van der Waals surface area (Å²) >= 11 is 3.58. The van der Waals surface area contributed by atoms with Crippen LogP contribution in [0.1, 0.15) is 45.2 Å². The summed E-state index contributed by atoms with van der Waals surface area (Å²) in [6.07, 6.45) is 5.42. The topological polar surface area (TPSA) is 103 Å². The Balaban J connectivity index is 1.50. The number of anilines is 2. The first-order valence-electron chi connectivity index (χ1n) is 14.6. The van der Waals surface area contributed by atoms with Gasteiger partial charge in [-0.1, -0.05) is 19.1 Å². The molecular formula is C33H36BrFN4O5S. The van der Waals surface area contributed by atoms with Crippen LogP contribution >= 0.6 is 15.9 Å². The monoisotopic (exact) mass is 698 g/mol. The van der Waals surface area contributed by atoms with Gasteiger partial charge in [-0.05, 0) is 84.7 Å². The van der Waals surface area contributed by atoms with Gasteiger partial charge in [0.1, 0.15) is 36.1 Å².